The van der Waals surface area contributed by atoms with Crippen molar-refractivity contribution < 1.29 is 14.3 Å². The van der Waals surface area contributed by atoms with Gasteiger partial charge in [-0.15, -0.1) is 0 Å². The lowest BCUT2D eigenvalue weighted by Gasteiger charge is -2.42. The largest absolute Gasteiger partial charge is 0.371 e. The van der Waals surface area contributed by atoms with Crippen molar-refractivity contribution in [2.24, 2.45) is 0 Å². The first-order chi connectivity index (χ1) is 19.1. The molecule has 4 aliphatic heterocycles. The number of benzene rings is 1. The molecule has 4 atom stereocenters. The first-order valence-electron chi connectivity index (χ1n) is 13.5. The first-order valence-corrected chi connectivity index (χ1v) is 13.5. The van der Waals surface area contributed by atoms with Crippen LogP contribution in [-0.2, 0) is 9.47 Å². The van der Waals surface area contributed by atoms with E-state index < -0.39 is 0 Å². The van der Waals surface area contributed by atoms with Crippen molar-refractivity contribution in [3.63, 3.8) is 0 Å². The van der Waals surface area contributed by atoms with Gasteiger partial charge >= 0.3 is 6.03 Å². The second-order valence-electron chi connectivity index (χ2n) is 10.5. The Morgan fingerprint density at radius 2 is 1.41 bits per heavy atom. The predicted molar refractivity (Wildman–Crippen MR) is 146 cm³/mol. The smallest absolute Gasteiger partial charge is 0.323 e. The van der Waals surface area contributed by atoms with Crippen LogP contribution in [0.15, 0.2) is 48.8 Å². The molecule has 4 fully saturated rings. The van der Waals surface area contributed by atoms with E-state index in [1.54, 1.807) is 24.5 Å². The zero-order valence-corrected chi connectivity index (χ0v) is 21.5. The van der Waals surface area contributed by atoms with Crippen LogP contribution in [0.4, 0.5) is 28.1 Å². The Kier molecular flexibility index (Phi) is 6.43. The standard InChI is InChI=1S/C27H31N9O3/c37-27(31-19-2-1-9-28-10-19)30-18-5-3-17(4-6-18)24-32-25(35-13-20-7-8-21(14-35)38-20)34-26(33-24)36-15-22-11-29-12-23(16-36)39-22/h1-6,9-10,20-23,29H,7-8,11-16H2,(H2,30,31,37). The molecular weight excluding hydrogens is 498 g/mol. The summed E-state index contributed by atoms with van der Waals surface area (Å²) >= 11 is 0. The van der Waals surface area contributed by atoms with Crippen LogP contribution in [0.25, 0.3) is 11.4 Å². The van der Waals surface area contributed by atoms with E-state index in [0.717, 1.165) is 57.7 Å². The molecule has 3 aromatic rings. The minimum Gasteiger partial charge on any atom is -0.371 e. The van der Waals surface area contributed by atoms with E-state index in [9.17, 15) is 4.79 Å². The third-order valence-corrected chi connectivity index (χ3v) is 7.52. The molecule has 39 heavy (non-hydrogen) atoms. The number of carbonyl (C=O) groups excluding carboxylic acids is 1. The molecule has 1 aromatic carbocycles. The summed E-state index contributed by atoms with van der Waals surface area (Å²) in [6.07, 6.45) is 6.09. The Morgan fingerprint density at radius 1 is 0.795 bits per heavy atom. The number of hydrogen-bond donors (Lipinski definition) is 3. The van der Waals surface area contributed by atoms with Gasteiger partial charge in [-0.05, 0) is 49.2 Å². The summed E-state index contributed by atoms with van der Waals surface area (Å²) in [6.45, 7) is 4.69. The van der Waals surface area contributed by atoms with Crippen molar-refractivity contribution in [1.82, 2.24) is 25.3 Å². The van der Waals surface area contributed by atoms with Crippen molar-refractivity contribution in [3.8, 4) is 11.4 Å². The number of hydrogen-bond acceptors (Lipinski definition) is 10. The molecule has 4 bridgehead atoms. The fraction of sp³-hybridized carbons (Fsp3) is 0.444. The number of rotatable bonds is 5. The van der Waals surface area contributed by atoms with Gasteiger partial charge in [0.25, 0.3) is 0 Å². The Bertz CT molecular complexity index is 1300. The molecule has 12 heteroatoms. The fourth-order valence-corrected chi connectivity index (χ4v) is 5.70. The molecule has 4 unspecified atom stereocenters. The molecule has 6 heterocycles. The topological polar surface area (TPSA) is 130 Å². The van der Waals surface area contributed by atoms with E-state index in [1.807, 2.05) is 24.3 Å². The number of nitrogens with one attached hydrogen (secondary N) is 3. The number of aromatic nitrogens is 4. The van der Waals surface area contributed by atoms with Crippen molar-refractivity contribution in [3.05, 3.63) is 48.8 Å². The van der Waals surface area contributed by atoms with Crippen molar-refractivity contribution in [2.75, 3.05) is 59.7 Å². The Labute approximate surface area is 226 Å². The van der Waals surface area contributed by atoms with Crippen LogP contribution in [-0.4, -0.2) is 89.7 Å². The number of carbonyl (C=O) groups is 1. The minimum atomic E-state index is -0.338. The van der Waals surface area contributed by atoms with Crippen LogP contribution in [0, 0.1) is 0 Å². The van der Waals surface area contributed by atoms with Crippen LogP contribution < -0.4 is 25.8 Å². The maximum atomic E-state index is 12.4. The number of anilines is 4. The maximum Gasteiger partial charge on any atom is 0.323 e. The molecule has 0 aliphatic carbocycles. The van der Waals surface area contributed by atoms with E-state index in [1.165, 1.54) is 0 Å². The van der Waals surface area contributed by atoms with Gasteiger partial charge in [0.05, 0.1) is 36.3 Å². The molecule has 12 nitrogen and oxygen atoms in total. The summed E-state index contributed by atoms with van der Waals surface area (Å²) in [7, 11) is 0. The van der Waals surface area contributed by atoms with Crippen molar-refractivity contribution in [1.29, 1.82) is 0 Å². The highest BCUT2D eigenvalue weighted by molar-refractivity contribution is 5.99. The van der Waals surface area contributed by atoms with Crippen LogP contribution in [0.5, 0.6) is 0 Å². The number of amides is 2. The number of ether oxygens (including phenoxy) is 2. The van der Waals surface area contributed by atoms with Crippen molar-refractivity contribution in [2.45, 2.75) is 37.3 Å². The molecule has 4 aliphatic rings. The van der Waals surface area contributed by atoms with E-state index in [2.05, 4.69) is 30.7 Å². The second-order valence-corrected chi connectivity index (χ2v) is 10.5. The SMILES string of the molecule is O=C(Nc1ccc(-c2nc(N3CC4CCC(C3)O4)nc(N3CC4CNCC(C3)O4)n2)cc1)Nc1cccnc1. The molecule has 0 spiro atoms. The van der Waals surface area contributed by atoms with Gasteiger partial charge in [-0.25, -0.2) is 4.79 Å². The van der Waals surface area contributed by atoms with Crippen LogP contribution in [0.1, 0.15) is 12.8 Å². The molecule has 202 valence electrons. The third-order valence-electron chi connectivity index (χ3n) is 7.52. The summed E-state index contributed by atoms with van der Waals surface area (Å²) in [4.78, 5) is 35.7. The summed E-state index contributed by atoms with van der Waals surface area (Å²) in [5, 5.41) is 9.07. The normalized spacial score (nSPS) is 25.8. The first kappa shape index (κ1) is 24.2. The lowest BCUT2D eigenvalue weighted by atomic mass is 10.1. The lowest BCUT2D eigenvalue weighted by molar-refractivity contribution is -0.0488. The third kappa shape index (κ3) is 5.35. The molecule has 7 rings (SSSR count). The quantitative estimate of drug-likeness (QED) is 0.452. The van der Waals surface area contributed by atoms with Crippen LogP contribution in [0.3, 0.4) is 0 Å². The van der Waals surface area contributed by atoms with Gasteiger partial charge in [0, 0.05) is 56.7 Å². The van der Waals surface area contributed by atoms with Gasteiger partial charge in [-0.3, -0.25) is 4.98 Å². The molecule has 2 amide bonds. The van der Waals surface area contributed by atoms with Crippen LogP contribution in [0.2, 0.25) is 0 Å². The Morgan fingerprint density at radius 3 is 2.05 bits per heavy atom. The van der Waals surface area contributed by atoms with Gasteiger partial charge in [0.15, 0.2) is 5.82 Å². The molecule has 0 radical (unpaired) electrons. The summed E-state index contributed by atoms with van der Waals surface area (Å²) in [5.41, 5.74) is 2.13. The molecule has 0 saturated carbocycles. The summed E-state index contributed by atoms with van der Waals surface area (Å²) in [6, 6.07) is 10.7. The van der Waals surface area contributed by atoms with E-state index in [4.69, 9.17) is 24.4 Å². The number of urea groups is 1. The fourth-order valence-electron chi connectivity index (χ4n) is 5.70. The predicted octanol–water partition coefficient (Wildman–Crippen LogP) is 2.12. The van der Waals surface area contributed by atoms with Gasteiger partial charge in [0.1, 0.15) is 0 Å². The average Bonchev–Trinajstić information content (AvgIpc) is 3.30. The highest BCUT2D eigenvalue weighted by Crippen LogP contribution is 2.31. The van der Waals surface area contributed by atoms with E-state index in [0.29, 0.717) is 29.1 Å². The molecule has 3 N–H and O–H groups in total. The number of morpholine rings is 3. The van der Waals surface area contributed by atoms with Gasteiger partial charge in [-0.2, -0.15) is 15.0 Å². The highest BCUT2D eigenvalue weighted by atomic mass is 16.5. The van der Waals surface area contributed by atoms with Gasteiger partial charge in [-0.1, -0.05) is 0 Å². The Hall–Kier alpha value is -3.87. The second kappa shape index (κ2) is 10.4. The lowest BCUT2D eigenvalue weighted by Crippen LogP contribution is -2.58. The monoisotopic (exact) mass is 529 g/mol. The Balaban J connectivity index is 1.14. The number of nitrogens with zero attached hydrogens (tertiary/aromatic N) is 6. The maximum absolute atomic E-state index is 12.4. The van der Waals surface area contributed by atoms with E-state index >= 15 is 0 Å². The van der Waals surface area contributed by atoms with Gasteiger partial charge in [0.2, 0.25) is 11.9 Å². The minimum absolute atomic E-state index is 0.114. The molecule has 2 aromatic heterocycles. The average molecular weight is 530 g/mol. The highest BCUT2D eigenvalue weighted by Gasteiger charge is 2.36. The zero-order valence-electron chi connectivity index (χ0n) is 21.5. The summed E-state index contributed by atoms with van der Waals surface area (Å²) in [5.74, 6) is 1.96. The molecular formula is C27H31N9O3. The van der Waals surface area contributed by atoms with Crippen molar-refractivity contribution >= 4 is 29.3 Å². The number of fused-ring (bicyclic) bond motifs is 4. The van der Waals surface area contributed by atoms with E-state index in [-0.39, 0.29) is 30.4 Å². The van der Waals surface area contributed by atoms with Crippen LogP contribution >= 0.6 is 0 Å². The van der Waals surface area contributed by atoms with Gasteiger partial charge < -0.3 is 35.2 Å². The number of pyridine rings is 1. The molecule has 4 saturated heterocycles. The summed E-state index contributed by atoms with van der Waals surface area (Å²) < 4.78 is 12.2. The zero-order chi connectivity index (χ0) is 26.2.